The summed E-state index contributed by atoms with van der Waals surface area (Å²) in [6.45, 7) is 0. The number of fused-ring (bicyclic) bond motifs is 1. The Morgan fingerprint density at radius 1 is 1.23 bits per heavy atom. The van der Waals surface area contributed by atoms with Gasteiger partial charge in [0, 0.05) is 10.8 Å². The second-order valence-corrected chi connectivity index (χ2v) is 7.43. The second-order valence-electron chi connectivity index (χ2n) is 5.39. The highest BCUT2D eigenvalue weighted by Crippen LogP contribution is 2.36. The molecule has 2 fully saturated rings. The zero-order chi connectivity index (χ0) is 15.7. The van der Waals surface area contributed by atoms with Gasteiger partial charge >= 0.3 is 0 Å². The Labute approximate surface area is 142 Å². The van der Waals surface area contributed by atoms with Gasteiger partial charge in [-0.25, -0.2) is 0 Å². The summed E-state index contributed by atoms with van der Waals surface area (Å²) in [6, 6.07) is 4.61. The molecule has 0 spiro atoms. The minimum Gasteiger partial charge on any atom is -0.305 e. The molecule has 1 saturated heterocycles. The SMILES string of the molecule is O=C(N=C1NC(=O)C2CCCCC2S1)c1ccc(Cl)c(Cl)c1. The maximum atomic E-state index is 12.2. The van der Waals surface area contributed by atoms with Crippen LogP contribution in [0.4, 0.5) is 0 Å². The van der Waals surface area contributed by atoms with E-state index in [1.54, 1.807) is 12.1 Å². The molecule has 2 atom stereocenters. The number of benzene rings is 1. The van der Waals surface area contributed by atoms with Crippen LogP contribution in [0.15, 0.2) is 23.2 Å². The van der Waals surface area contributed by atoms with E-state index < -0.39 is 5.91 Å². The first-order valence-electron chi connectivity index (χ1n) is 7.10. The molecule has 1 aromatic carbocycles. The van der Waals surface area contributed by atoms with E-state index in [-0.39, 0.29) is 17.1 Å². The van der Waals surface area contributed by atoms with Gasteiger partial charge < -0.3 is 5.32 Å². The molecular weight excluding hydrogens is 343 g/mol. The summed E-state index contributed by atoms with van der Waals surface area (Å²) in [4.78, 5) is 28.3. The molecule has 1 aliphatic carbocycles. The van der Waals surface area contributed by atoms with Crippen molar-refractivity contribution in [3.63, 3.8) is 0 Å². The highest BCUT2D eigenvalue weighted by Gasteiger charge is 2.37. The van der Waals surface area contributed by atoms with E-state index in [9.17, 15) is 9.59 Å². The van der Waals surface area contributed by atoms with Crippen molar-refractivity contribution in [3.05, 3.63) is 33.8 Å². The summed E-state index contributed by atoms with van der Waals surface area (Å²) in [7, 11) is 0. The number of hydrogen-bond donors (Lipinski definition) is 1. The van der Waals surface area contributed by atoms with E-state index in [2.05, 4.69) is 10.3 Å². The lowest BCUT2D eigenvalue weighted by atomic mass is 9.88. The van der Waals surface area contributed by atoms with Crippen LogP contribution in [0.1, 0.15) is 36.0 Å². The quantitative estimate of drug-likeness (QED) is 0.829. The van der Waals surface area contributed by atoms with Crippen LogP contribution < -0.4 is 5.32 Å². The van der Waals surface area contributed by atoms with Crippen molar-refractivity contribution in [2.45, 2.75) is 30.9 Å². The van der Waals surface area contributed by atoms with Crippen molar-refractivity contribution >= 4 is 51.9 Å². The van der Waals surface area contributed by atoms with E-state index in [1.807, 2.05) is 0 Å². The Hall–Kier alpha value is -1.04. The van der Waals surface area contributed by atoms with Gasteiger partial charge in [-0.15, -0.1) is 0 Å². The smallest absolute Gasteiger partial charge is 0.279 e. The van der Waals surface area contributed by atoms with Crippen LogP contribution in [0.3, 0.4) is 0 Å². The number of carbonyl (C=O) groups excluding carboxylic acids is 2. The predicted molar refractivity (Wildman–Crippen MR) is 89.7 cm³/mol. The number of nitrogens with one attached hydrogen (secondary N) is 1. The van der Waals surface area contributed by atoms with Gasteiger partial charge in [0.25, 0.3) is 5.91 Å². The molecule has 1 N–H and O–H groups in total. The van der Waals surface area contributed by atoms with Crippen LogP contribution in [-0.2, 0) is 4.79 Å². The maximum Gasteiger partial charge on any atom is 0.279 e. The largest absolute Gasteiger partial charge is 0.305 e. The fraction of sp³-hybridized carbons (Fsp3) is 0.400. The molecule has 1 heterocycles. The lowest BCUT2D eigenvalue weighted by Gasteiger charge is -2.34. The van der Waals surface area contributed by atoms with Crippen LogP contribution in [0, 0.1) is 5.92 Å². The normalized spacial score (nSPS) is 26.5. The fourth-order valence-electron chi connectivity index (χ4n) is 2.75. The summed E-state index contributed by atoms with van der Waals surface area (Å²) in [5, 5.41) is 4.03. The first kappa shape index (κ1) is 15.8. The van der Waals surface area contributed by atoms with E-state index in [0.29, 0.717) is 20.8 Å². The van der Waals surface area contributed by atoms with Crippen molar-refractivity contribution in [2.24, 2.45) is 10.9 Å². The van der Waals surface area contributed by atoms with E-state index in [4.69, 9.17) is 23.2 Å². The molecule has 116 valence electrons. The molecule has 7 heteroatoms. The molecular formula is C15H14Cl2N2O2S. The molecule has 4 nitrogen and oxygen atoms in total. The average Bonchev–Trinajstić information content (AvgIpc) is 2.50. The van der Waals surface area contributed by atoms with Crippen LogP contribution in [-0.4, -0.2) is 22.2 Å². The van der Waals surface area contributed by atoms with Gasteiger partial charge in [0.05, 0.1) is 16.0 Å². The monoisotopic (exact) mass is 356 g/mol. The third-order valence-corrected chi connectivity index (χ3v) is 5.92. The molecule has 1 aliphatic heterocycles. The summed E-state index contributed by atoms with van der Waals surface area (Å²) in [5.74, 6) is -0.419. The van der Waals surface area contributed by atoms with Crippen molar-refractivity contribution in [2.75, 3.05) is 0 Å². The van der Waals surface area contributed by atoms with Crippen LogP contribution in [0.5, 0.6) is 0 Å². The highest BCUT2D eigenvalue weighted by molar-refractivity contribution is 8.14. The number of amidine groups is 1. The molecule has 1 saturated carbocycles. The molecule has 2 amide bonds. The Morgan fingerprint density at radius 3 is 2.77 bits per heavy atom. The first-order valence-corrected chi connectivity index (χ1v) is 8.74. The number of hydrogen-bond acceptors (Lipinski definition) is 3. The van der Waals surface area contributed by atoms with Gasteiger partial charge in [0.15, 0.2) is 5.17 Å². The summed E-state index contributed by atoms with van der Waals surface area (Å²) < 4.78 is 0. The van der Waals surface area contributed by atoms with Crippen molar-refractivity contribution in [1.29, 1.82) is 0 Å². The number of amides is 2. The Bertz CT molecular complexity index is 663. The van der Waals surface area contributed by atoms with Crippen molar-refractivity contribution < 1.29 is 9.59 Å². The minimum absolute atomic E-state index is 0.0239. The summed E-state index contributed by atoms with van der Waals surface area (Å²) in [6.07, 6.45) is 4.11. The van der Waals surface area contributed by atoms with Crippen molar-refractivity contribution in [1.82, 2.24) is 5.32 Å². The number of carbonyl (C=O) groups is 2. The highest BCUT2D eigenvalue weighted by atomic mass is 35.5. The van der Waals surface area contributed by atoms with Crippen molar-refractivity contribution in [3.8, 4) is 0 Å². The van der Waals surface area contributed by atoms with Gasteiger partial charge in [0.1, 0.15) is 0 Å². The lowest BCUT2D eigenvalue weighted by Crippen LogP contribution is -2.46. The molecule has 0 aromatic heterocycles. The van der Waals surface area contributed by atoms with E-state index in [1.165, 1.54) is 17.8 Å². The average molecular weight is 357 g/mol. The second kappa shape index (κ2) is 6.60. The van der Waals surface area contributed by atoms with Crippen LogP contribution in [0.25, 0.3) is 0 Å². The zero-order valence-electron chi connectivity index (χ0n) is 11.6. The topological polar surface area (TPSA) is 58.5 Å². The van der Waals surface area contributed by atoms with E-state index in [0.717, 1.165) is 25.7 Å². The van der Waals surface area contributed by atoms with E-state index >= 15 is 0 Å². The van der Waals surface area contributed by atoms with Gasteiger partial charge in [-0.2, -0.15) is 4.99 Å². The summed E-state index contributed by atoms with van der Waals surface area (Å²) >= 11 is 13.2. The van der Waals surface area contributed by atoms with Gasteiger partial charge in [-0.05, 0) is 31.0 Å². The molecule has 22 heavy (non-hydrogen) atoms. The molecule has 1 aromatic rings. The number of rotatable bonds is 1. The number of halogens is 2. The summed E-state index contributed by atoms with van der Waals surface area (Å²) in [5.41, 5.74) is 0.350. The molecule has 0 bridgehead atoms. The Kier molecular flexibility index (Phi) is 4.76. The zero-order valence-corrected chi connectivity index (χ0v) is 14.0. The fourth-order valence-corrected chi connectivity index (χ4v) is 4.34. The Morgan fingerprint density at radius 2 is 2.00 bits per heavy atom. The molecule has 2 aliphatic rings. The molecule has 0 radical (unpaired) electrons. The minimum atomic E-state index is -0.435. The lowest BCUT2D eigenvalue weighted by molar-refractivity contribution is -0.124. The maximum absolute atomic E-state index is 12.2. The number of thioether (sulfide) groups is 1. The number of nitrogens with zero attached hydrogens (tertiary/aromatic N) is 1. The standard InChI is InChI=1S/C15H14Cl2N2O2S/c16-10-6-5-8(7-11(10)17)13(20)18-15-19-14(21)9-3-1-2-4-12(9)22-15/h5-7,9,12H,1-4H2,(H,18,19,20,21). The first-order chi connectivity index (χ1) is 10.5. The third kappa shape index (κ3) is 3.31. The predicted octanol–water partition coefficient (Wildman–Crippen LogP) is 3.91. The van der Waals surface area contributed by atoms with Gasteiger partial charge in [0.2, 0.25) is 5.91 Å². The van der Waals surface area contributed by atoms with Crippen LogP contribution >= 0.6 is 35.0 Å². The third-order valence-electron chi connectivity index (χ3n) is 3.90. The molecule has 3 rings (SSSR count). The van der Waals surface area contributed by atoms with Gasteiger partial charge in [-0.1, -0.05) is 47.8 Å². The van der Waals surface area contributed by atoms with Crippen LogP contribution in [0.2, 0.25) is 10.0 Å². The Balaban J connectivity index is 1.78. The molecule has 2 unspecified atom stereocenters. The number of aliphatic imine (C=N–C) groups is 1. The van der Waals surface area contributed by atoms with Gasteiger partial charge in [-0.3, -0.25) is 9.59 Å².